The summed E-state index contributed by atoms with van der Waals surface area (Å²) in [6.07, 6.45) is 2.19. The third-order valence-corrected chi connectivity index (χ3v) is 4.68. The molecule has 1 atom stereocenters. The highest BCUT2D eigenvalue weighted by Crippen LogP contribution is 2.23. The Labute approximate surface area is 135 Å². The largest absolute Gasteiger partial charge is 0.312 e. The van der Waals surface area contributed by atoms with E-state index in [-0.39, 0.29) is 5.54 Å². The van der Waals surface area contributed by atoms with E-state index in [4.69, 9.17) is 11.6 Å². The van der Waals surface area contributed by atoms with Gasteiger partial charge in [-0.15, -0.1) is 0 Å². The lowest BCUT2D eigenvalue weighted by Gasteiger charge is -2.44. The predicted molar refractivity (Wildman–Crippen MR) is 94.2 cm³/mol. The van der Waals surface area contributed by atoms with E-state index in [9.17, 15) is 0 Å². The van der Waals surface area contributed by atoms with Gasteiger partial charge < -0.3 is 5.32 Å². The average Bonchev–Trinajstić information content (AvgIpc) is 2.46. The van der Waals surface area contributed by atoms with Gasteiger partial charge in [-0.25, -0.2) is 0 Å². The van der Waals surface area contributed by atoms with Crippen LogP contribution in [0.1, 0.15) is 46.6 Å². The number of benzene rings is 1. The molecular weight excluding hydrogens is 280 g/mol. The SMILES string of the molecule is CCCNC(Cc1ccc(Cl)cc1)C(C)(C)N(CC)CC. The highest BCUT2D eigenvalue weighted by atomic mass is 35.5. The topological polar surface area (TPSA) is 15.3 Å². The average molecular weight is 311 g/mol. The molecule has 0 aromatic heterocycles. The fourth-order valence-electron chi connectivity index (χ4n) is 3.01. The molecule has 0 aliphatic heterocycles. The maximum atomic E-state index is 5.99. The van der Waals surface area contributed by atoms with Crippen molar-refractivity contribution >= 4 is 11.6 Å². The van der Waals surface area contributed by atoms with Crippen LogP contribution in [0.5, 0.6) is 0 Å². The molecule has 120 valence electrons. The summed E-state index contributed by atoms with van der Waals surface area (Å²) in [5.41, 5.74) is 1.46. The fraction of sp³-hybridized carbons (Fsp3) is 0.667. The molecule has 0 aliphatic rings. The molecule has 0 aliphatic carbocycles. The van der Waals surface area contributed by atoms with Crippen molar-refractivity contribution in [3.63, 3.8) is 0 Å². The number of hydrogen-bond acceptors (Lipinski definition) is 2. The van der Waals surface area contributed by atoms with E-state index in [1.807, 2.05) is 12.1 Å². The monoisotopic (exact) mass is 310 g/mol. The lowest BCUT2D eigenvalue weighted by atomic mass is 9.87. The van der Waals surface area contributed by atoms with Crippen molar-refractivity contribution in [1.29, 1.82) is 0 Å². The molecule has 0 amide bonds. The Morgan fingerprint density at radius 2 is 1.67 bits per heavy atom. The summed E-state index contributed by atoms with van der Waals surface area (Å²) in [7, 11) is 0. The van der Waals surface area contributed by atoms with Crippen molar-refractivity contribution in [2.24, 2.45) is 0 Å². The van der Waals surface area contributed by atoms with Gasteiger partial charge in [-0.05, 0) is 64.0 Å². The van der Waals surface area contributed by atoms with Crippen LogP contribution in [0, 0.1) is 0 Å². The molecule has 3 heteroatoms. The van der Waals surface area contributed by atoms with Crippen LogP contribution < -0.4 is 5.32 Å². The molecule has 0 radical (unpaired) electrons. The summed E-state index contributed by atoms with van der Waals surface area (Å²) in [4.78, 5) is 2.54. The van der Waals surface area contributed by atoms with Crippen LogP contribution >= 0.6 is 11.6 Å². The summed E-state index contributed by atoms with van der Waals surface area (Å²) >= 11 is 5.99. The van der Waals surface area contributed by atoms with Crippen LogP contribution in [0.4, 0.5) is 0 Å². The number of nitrogens with zero attached hydrogens (tertiary/aromatic N) is 1. The van der Waals surface area contributed by atoms with Crippen LogP contribution in [-0.2, 0) is 6.42 Å². The zero-order chi connectivity index (χ0) is 15.9. The van der Waals surface area contributed by atoms with Gasteiger partial charge in [-0.3, -0.25) is 4.90 Å². The molecule has 1 unspecified atom stereocenters. The maximum Gasteiger partial charge on any atom is 0.0406 e. The van der Waals surface area contributed by atoms with Gasteiger partial charge in [0.25, 0.3) is 0 Å². The van der Waals surface area contributed by atoms with Crippen molar-refractivity contribution < 1.29 is 0 Å². The number of nitrogens with one attached hydrogen (secondary N) is 1. The number of rotatable bonds is 9. The van der Waals surface area contributed by atoms with E-state index < -0.39 is 0 Å². The molecule has 0 heterocycles. The van der Waals surface area contributed by atoms with Gasteiger partial charge in [0.05, 0.1) is 0 Å². The third-order valence-electron chi connectivity index (χ3n) is 4.43. The standard InChI is InChI=1S/C18H31ClN2/c1-6-13-20-17(18(4,5)21(7-2)8-3)14-15-9-11-16(19)12-10-15/h9-12,17,20H,6-8,13-14H2,1-5H3. The first-order valence-electron chi connectivity index (χ1n) is 8.18. The second-order valence-corrected chi connectivity index (χ2v) is 6.60. The minimum atomic E-state index is 0.123. The van der Waals surface area contributed by atoms with E-state index in [2.05, 4.69) is 57.0 Å². The highest BCUT2D eigenvalue weighted by molar-refractivity contribution is 6.30. The summed E-state index contributed by atoms with van der Waals surface area (Å²) in [6, 6.07) is 8.68. The lowest BCUT2D eigenvalue weighted by Crippen LogP contribution is -2.58. The maximum absolute atomic E-state index is 5.99. The molecule has 2 nitrogen and oxygen atoms in total. The fourth-order valence-corrected chi connectivity index (χ4v) is 3.13. The lowest BCUT2D eigenvalue weighted by molar-refractivity contribution is 0.0911. The van der Waals surface area contributed by atoms with Crippen molar-refractivity contribution in [3.05, 3.63) is 34.9 Å². The zero-order valence-electron chi connectivity index (χ0n) is 14.2. The molecule has 0 saturated carbocycles. The second-order valence-electron chi connectivity index (χ2n) is 6.16. The van der Waals surface area contributed by atoms with Gasteiger partial charge in [-0.1, -0.05) is 44.5 Å². The smallest absolute Gasteiger partial charge is 0.0406 e. The Morgan fingerprint density at radius 3 is 2.14 bits per heavy atom. The molecule has 21 heavy (non-hydrogen) atoms. The van der Waals surface area contributed by atoms with E-state index in [0.29, 0.717) is 6.04 Å². The normalized spacial score (nSPS) is 13.7. The van der Waals surface area contributed by atoms with Gasteiger partial charge in [0.15, 0.2) is 0 Å². The molecule has 0 saturated heterocycles. The second kappa shape index (κ2) is 8.77. The number of hydrogen-bond donors (Lipinski definition) is 1. The molecule has 1 rings (SSSR count). The molecule has 0 fully saturated rings. The van der Waals surface area contributed by atoms with Crippen molar-refractivity contribution in [3.8, 4) is 0 Å². The summed E-state index contributed by atoms with van der Waals surface area (Å²) < 4.78 is 0. The Bertz CT molecular complexity index is 396. The van der Waals surface area contributed by atoms with Crippen LogP contribution in [0.15, 0.2) is 24.3 Å². The van der Waals surface area contributed by atoms with E-state index in [1.165, 1.54) is 5.56 Å². The molecule has 0 bridgehead atoms. The van der Waals surface area contributed by atoms with Gasteiger partial charge in [-0.2, -0.15) is 0 Å². The Morgan fingerprint density at radius 1 is 1.10 bits per heavy atom. The summed E-state index contributed by atoms with van der Waals surface area (Å²) in [5, 5.41) is 4.55. The quantitative estimate of drug-likeness (QED) is 0.728. The van der Waals surface area contributed by atoms with Crippen molar-refractivity contribution in [1.82, 2.24) is 10.2 Å². The van der Waals surface area contributed by atoms with Gasteiger partial charge in [0.2, 0.25) is 0 Å². The predicted octanol–water partition coefficient (Wildman–Crippen LogP) is 4.37. The summed E-state index contributed by atoms with van der Waals surface area (Å²) in [5.74, 6) is 0. The van der Waals surface area contributed by atoms with Crippen LogP contribution in [-0.4, -0.2) is 36.1 Å². The molecule has 1 aromatic rings. The zero-order valence-corrected chi connectivity index (χ0v) is 15.0. The first-order valence-corrected chi connectivity index (χ1v) is 8.56. The molecule has 1 N–H and O–H groups in total. The van der Waals surface area contributed by atoms with E-state index in [1.54, 1.807) is 0 Å². The minimum Gasteiger partial charge on any atom is -0.312 e. The van der Waals surface area contributed by atoms with E-state index >= 15 is 0 Å². The third kappa shape index (κ3) is 5.28. The first kappa shape index (κ1) is 18.5. The molecule has 1 aromatic carbocycles. The molecule has 0 spiro atoms. The number of halogens is 1. The highest BCUT2D eigenvalue weighted by Gasteiger charge is 2.33. The van der Waals surface area contributed by atoms with Crippen LogP contribution in [0.2, 0.25) is 5.02 Å². The molecular formula is C18H31ClN2. The first-order chi connectivity index (χ1) is 9.95. The van der Waals surface area contributed by atoms with E-state index in [0.717, 1.165) is 37.5 Å². The Hall–Kier alpha value is -0.570. The van der Waals surface area contributed by atoms with Crippen LogP contribution in [0.25, 0.3) is 0 Å². The van der Waals surface area contributed by atoms with Gasteiger partial charge in [0.1, 0.15) is 0 Å². The van der Waals surface area contributed by atoms with Gasteiger partial charge >= 0.3 is 0 Å². The van der Waals surface area contributed by atoms with Gasteiger partial charge in [0, 0.05) is 16.6 Å². The Balaban J connectivity index is 2.90. The number of likely N-dealkylation sites (N-methyl/N-ethyl adjacent to an activating group) is 1. The van der Waals surface area contributed by atoms with Crippen molar-refractivity contribution in [2.45, 2.75) is 59.0 Å². The summed E-state index contributed by atoms with van der Waals surface area (Å²) in [6.45, 7) is 14.6. The van der Waals surface area contributed by atoms with Crippen molar-refractivity contribution in [2.75, 3.05) is 19.6 Å². The van der Waals surface area contributed by atoms with Crippen LogP contribution in [0.3, 0.4) is 0 Å². The minimum absolute atomic E-state index is 0.123. The Kier molecular flexibility index (Phi) is 7.72.